The molecule has 2 aromatic carbocycles. The van der Waals surface area contributed by atoms with Crippen LogP contribution < -0.4 is 4.72 Å². The lowest BCUT2D eigenvalue weighted by molar-refractivity contribution is -0.137. The van der Waals surface area contributed by atoms with E-state index in [-0.39, 0.29) is 5.82 Å². The third-order valence-electron chi connectivity index (χ3n) is 3.66. The standard InChI is InChI=1S/C18H12ClF3N2O2S/c19-16-7-2-1-6-15(16)12-8-9-17(23-11-12)24-27(25,26)14-5-3-4-13(10-14)18(20,21)22/h1-11H,(H,23,24). The van der Waals surface area contributed by atoms with Crippen LogP contribution in [-0.2, 0) is 16.2 Å². The molecule has 0 aliphatic rings. The summed E-state index contributed by atoms with van der Waals surface area (Å²) in [5.74, 6) is -0.0248. The van der Waals surface area contributed by atoms with Crippen LogP contribution in [0.1, 0.15) is 5.56 Å². The van der Waals surface area contributed by atoms with Gasteiger partial charge in [0, 0.05) is 22.3 Å². The molecule has 27 heavy (non-hydrogen) atoms. The third-order valence-corrected chi connectivity index (χ3v) is 5.34. The van der Waals surface area contributed by atoms with Gasteiger partial charge in [0.2, 0.25) is 0 Å². The predicted molar refractivity (Wildman–Crippen MR) is 96.9 cm³/mol. The molecule has 0 aliphatic heterocycles. The van der Waals surface area contributed by atoms with Crippen molar-refractivity contribution in [2.45, 2.75) is 11.1 Å². The van der Waals surface area contributed by atoms with E-state index in [0.29, 0.717) is 16.7 Å². The van der Waals surface area contributed by atoms with Gasteiger partial charge in [0.05, 0.1) is 10.5 Å². The van der Waals surface area contributed by atoms with Gasteiger partial charge in [-0.05, 0) is 36.4 Å². The summed E-state index contributed by atoms with van der Waals surface area (Å²) in [6.45, 7) is 0. The molecule has 3 aromatic rings. The molecule has 4 nitrogen and oxygen atoms in total. The zero-order valence-corrected chi connectivity index (χ0v) is 15.1. The lowest BCUT2D eigenvalue weighted by atomic mass is 10.1. The lowest BCUT2D eigenvalue weighted by Crippen LogP contribution is -2.15. The number of benzene rings is 2. The summed E-state index contributed by atoms with van der Waals surface area (Å²) >= 11 is 6.11. The molecule has 0 amide bonds. The summed E-state index contributed by atoms with van der Waals surface area (Å²) in [6, 6.07) is 13.6. The first kappa shape index (κ1) is 19.2. The minimum atomic E-state index is -4.64. The predicted octanol–water partition coefficient (Wildman–Crippen LogP) is 5.22. The molecule has 0 saturated carbocycles. The van der Waals surface area contributed by atoms with E-state index in [1.807, 2.05) is 0 Å². The number of rotatable bonds is 4. The van der Waals surface area contributed by atoms with Crippen LogP contribution in [0.2, 0.25) is 5.02 Å². The van der Waals surface area contributed by atoms with Gasteiger partial charge in [-0.25, -0.2) is 13.4 Å². The average molecular weight is 413 g/mol. The molecule has 0 unspecified atom stereocenters. The Kier molecular flexibility index (Phi) is 5.12. The Bertz CT molecular complexity index is 1070. The van der Waals surface area contributed by atoms with E-state index in [1.54, 1.807) is 30.3 Å². The van der Waals surface area contributed by atoms with Crippen molar-refractivity contribution in [3.63, 3.8) is 0 Å². The molecular formula is C18H12ClF3N2O2S. The number of alkyl halides is 3. The van der Waals surface area contributed by atoms with Crippen LogP contribution in [0.4, 0.5) is 19.0 Å². The molecule has 1 aromatic heterocycles. The highest BCUT2D eigenvalue weighted by Crippen LogP contribution is 2.31. The second-order valence-electron chi connectivity index (χ2n) is 5.54. The van der Waals surface area contributed by atoms with Gasteiger partial charge in [0.15, 0.2) is 0 Å². The van der Waals surface area contributed by atoms with Crippen LogP contribution >= 0.6 is 11.6 Å². The summed E-state index contributed by atoms with van der Waals surface area (Å²) in [4.78, 5) is 3.50. The van der Waals surface area contributed by atoms with Crippen LogP contribution in [0.5, 0.6) is 0 Å². The Morgan fingerprint density at radius 2 is 1.70 bits per heavy atom. The first-order chi connectivity index (χ1) is 12.7. The van der Waals surface area contributed by atoms with E-state index < -0.39 is 26.7 Å². The van der Waals surface area contributed by atoms with Crippen LogP contribution in [0, 0.1) is 0 Å². The van der Waals surface area contributed by atoms with Crippen LogP contribution in [-0.4, -0.2) is 13.4 Å². The van der Waals surface area contributed by atoms with E-state index in [0.717, 1.165) is 23.8 Å². The van der Waals surface area contributed by atoms with Gasteiger partial charge in [0.25, 0.3) is 10.0 Å². The Balaban J connectivity index is 1.86. The molecule has 3 rings (SSSR count). The van der Waals surface area contributed by atoms with Crippen molar-refractivity contribution in [2.24, 2.45) is 0 Å². The average Bonchev–Trinajstić information content (AvgIpc) is 2.62. The Morgan fingerprint density at radius 3 is 2.33 bits per heavy atom. The monoisotopic (exact) mass is 412 g/mol. The highest BCUT2D eigenvalue weighted by molar-refractivity contribution is 7.92. The molecule has 0 aliphatic carbocycles. The highest BCUT2D eigenvalue weighted by Gasteiger charge is 2.31. The number of halogens is 4. The number of hydrogen-bond acceptors (Lipinski definition) is 3. The zero-order chi connectivity index (χ0) is 19.7. The van der Waals surface area contributed by atoms with Gasteiger partial charge in [-0.15, -0.1) is 0 Å². The molecule has 0 bridgehead atoms. The van der Waals surface area contributed by atoms with Gasteiger partial charge in [-0.1, -0.05) is 35.9 Å². The van der Waals surface area contributed by atoms with Gasteiger partial charge >= 0.3 is 6.18 Å². The van der Waals surface area contributed by atoms with E-state index in [9.17, 15) is 21.6 Å². The first-order valence-electron chi connectivity index (χ1n) is 7.58. The van der Waals surface area contributed by atoms with Gasteiger partial charge < -0.3 is 0 Å². The Morgan fingerprint density at radius 1 is 0.963 bits per heavy atom. The van der Waals surface area contributed by atoms with Crippen molar-refractivity contribution >= 4 is 27.4 Å². The minimum Gasteiger partial charge on any atom is -0.263 e. The van der Waals surface area contributed by atoms with Crippen molar-refractivity contribution in [3.05, 3.63) is 77.4 Å². The zero-order valence-electron chi connectivity index (χ0n) is 13.5. The SMILES string of the molecule is O=S(=O)(Nc1ccc(-c2ccccc2Cl)cn1)c1cccc(C(F)(F)F)c1. The molecule has 1 heterocycles. The minimum absolute atomic E-state index is 0.0248. The fourth-order valence-electron chi connectivity index (χ4n) is 2.35. The smallest absolute Gasteiger partial charge is 0.263 e. The Hall–Kier alpha value is -2.58. The maximum Gasteiger partial charge on any atom is 0.416 e. The molecule has 0 spiro atoms. The summed E-state index contributed by atoms with van der Waals surface area (Å²) in [5.41, 5.74) is 0.342. The number of hydrogen-bond donors (Lipinski definition) is 1. The first-order valence-corrected chi connectivity index (χ1v) is 9.44. The number of anilines is 1. The number of sulfonamides is 1. The number of nitrogens with zero attached hydrogens (tertiary/aromatic N) is 1. The lowest BCUT2D eigenvalue weighted by Gasteiger charge is -2.11. The van der Waals surface area contributed by atoms with Crippen molar-refractivity contribution in [1.29, 1.82) is 0 Å². The van der Waals surface area contributed by atoms with Crippen LogP contribution in [0.15, 0.2) is 71.8 Å². The summed E-state index contributed by atoms with van der Waals surface area (Å²) in [7, 11) is -4.22. The Labute approximate surface area is 158 Å². The molecule has 140 valence electrons. The number of pyridine rings is 1. The van der Waals surface area contributed by atoms with E-state index in [4.69, 9.17) is 11.6 Å². The third kappa shape index (κ3) is 4.40. The summed E-state index contributed by atoms with van der Waals surface area (Å²) < 4.78 is 65.2. The second kappa shape index (κ2) is 7.21. The molecule has 1 N–H and O–H groups in total. The quantitative estimate of drug-likeness (QED) is 0.639. The summed E-state index contributed by atoms with van der Waals surface area (Å²) in [6.07, 6.45) is -3.22. The number of nitrogens with one attached hydrogen (secondary N) is 1. The van der Waals surface area contributed by atoms with Gasteiger partial charge in [0.1, 0.15) is 5.82 Å². The van der Waals surface area contributed by atoms with Crippen molar-refractivity contribution in [2.75, 3.05) is 4.72 Å². The molecule has 0 fully saturated rings. The molecular weight excluding hydrogens is 401 g/mol. The molecule has 0 atom stereocenters. The maximum absolute atomic E-state index is 12.8. The maximum atomic E-state index is 12.8. The van der Waals surface area contributed by atoms with Crippen molar-refractivity contribution < 1.29 is 21.6 Å². The van der Waals surface area contributed by atoms with Crippen LogP contribution in [0.3, 0.4) is 0 Å². The fourth-order valence-corrected chi connectivity index (χ4v) is 3.64. The largest absolute Gasteiger partial charge is 0.416 e. The highest BCUT2D eigenvalue weighted by atomic mass is 35.5. The van der Waals surface area contributed by atoms with Crippen molar-refractivity contribution in [3.8, 4) is 11.1 Å². The molecule has 9 heteroatoms. The van der Waals surface area contributed by atoms with Gasteiger partial charge in [-0.3, -0.25) is 4.72 Å². The van der Waals surface area contributed by atoms with Crippen LogP contribution in [0.25, 0.3) is 11.1 Å². The van der Waals surface area contributed by atoms with E-state index >= 15 is 0 Å². The van der Waals surface area contributed by atoms with Gasteiger partial charge in [-0.2, -0.15) is 13.2 Å². The molecule has 0 saturated heterocycles. The topological polar surface area (TPSA) is 59.1 Å². The number of aromatic nitrogens is 1. The van der Waals surface area contributed by atoms with E-state index in [1.165, 1.54) is 12.3 Å². The second-order valence-corrected chi connectivity index (χ2v) is 7.63. The normalized spacial score (nSPS) is 12.0. The van der Waals surface area contributed by atoms with E-state index in [2.05, 4.69) is 9.71 Å². The molecule has 0 radical (unpaired) electrons. The summed E-state index contributed by atoms with van der Waals surface area (Å²) in [5, 5.41) is 0.511. The fraction of sp³-hybridized carbons (Fsp3) is 0.0556. The van der Waals surface area contributed by atoms with Crippen molar-refractivity contribution in [1.82, 2.24) is 4.98 Å².